The number of aryl methyl sites for hydroxylation is 1. The highest BCUT2D eigenvalue weighted by Crippen LogP contribution is 2.22. The van der Waals surface area contributed by atoms with Gasteiger partial charge in [-0.2, -0.15) is 0 Å². The molecule has 0 saturated carbocycles. The fraction of sp³-hybridized carbons (Fsp3) is 0.636. The fourth-order valence-corrected chi connectivity index (χ4v) is 2.71. The van der Waals surface area contributed by atoms with Crippen molar-refractivity contribution in [3.8, 4) is 0 Å². The Kier molecular flexibility index (Phi) is 3.96. The lowest BCUT2D eigenvalue weighted by atomic mass is 10.2. The molecule has 0 aromatic carbocycles. The summed E-state index contributed by atoms with van der Waals surface area (Å²) < 4.78 is 5.51. The van der Waals surface area contributed by atoms with Gasteiger partial charge in [0.25, 0.3) is 0 Å². The average molecular weight is 256 g/mol. The highest BCUT2D eigenvalue weighted by molar-refractivity contribution is 7.15. The fourth-order valence-electron chi connectivity index (χ4n) is 1.88. The summed E-state index contributed by atoms with van der Waals surface area (Å²) >= 11 is 1.38. The number of hydrogen-bond donors (Lipinski definition) is 2. The molecule has 1 fully saturated rings. The number of carbonyl (C=O) groups is 1. The molecule has 1 saturated heterocycles. The molecule has 1 atom stereocenters. The zero-order chi connectivity index (χ0) is 12.3. The van der Waals surface area contributed by atoms with Crippen LogP contribution in [-0.2, 0) is 4.74 Å². The van der Waals surface area contributed by atoms with Gasteiger partial charge >= 0.3 is 5.97 Å². The van der Waals surface area contributed by atoms with Crippen LogP contribution in [0.5, 0.6) is 0 Å². The van der Waals surface area contributed by atoms with Crippen molar-refractivity contribution in [1.82, 2.24) is 4.98 Å². The van der Waals surface area contributed by atoms with Crippen molar-refractivity contribution in [3.63, 3.8) is 0 Å². The van der Waals surface area contributed by atoms with Gasteiger partial charge < -0.3 is 15.2 Å². The molecule has 6 heteroatoms. The Morgan fingerprint density at radius 1 is 1.71 bits per heavy atom. The van der Waals surface area contributed by atoms with Gasteiger partial charge in [0.1, 0.15) is 0 Å². The van der Waals surface area contributed by atoms with E-state index in [1.807, 2.05) is 0 Å². The first-order chi connectivity index (χ1) is 8.16. The van der Waals surface area contributed by atoms with E-state index in [2.05, 4.69) is 10.3 Å². The van der Waals surface area contributed by atoms with Gasteiger partial charge in [-0.15, -0.1) is 11.3 Å². The van der Waals surface area contributed by atoms with Crippen LogP contribution in [0.1, 0.15) is 34.6 Å². The van der Waals surface area contributed by atoms with E-state index in [-0.39, 0.29) is 5.69 Å². The van der Waals surface area contributed by atoms with Gasteiger partial charge in [-0.25, -0.2) is 9.78 Å². The minimum absolute atomic E-state index is 0.148. The van der Waals surface area contributed by atoms with Gasteiger partial charge in [0, 0.05) is 18.0 Å². The van der Waals surface area contributed by atoms with E-state index in [9.17, 15) is 4.79 Å². The van der Waals surface area contributed by atoms with Crippen molar-refractivity contribution in [3.05, 3.63) is 10.6 Å². The van der Waals surface area contributed by atoms with Gasteiger partial charge in [0.15, 0.2) is 10.8 Å². The van der Waals surface area contributed by atoms with Gasteiger partial charge in [-0.1, -0.05) is 0 Å². The van der Waals surface area contributed by atoms with E-state index in [0.717, 1.165) is 37.3 Å². The Morgan fingerprint density at radius 2 is 2.53 bits per heavy atom. The number of ether oxygens (including phenoxy) is 1. The summed E-state index contributed by atoms with van der Waals surface area (Å²) in [7, 11) is 0. The van der Waals surface area contributed by atoms with E-state index in [4.69, 9.17) is 9.84 Å². The lowest BCUT2D eigenvalue weighted by Crippen LogP contribution is -2.12. The van der Waals surface area contributed by atoms with Crippen LogP contribution in [-0.4, -0.2) is 35.3 Å². The molecular weight excluding hydrogens is 240 g/mol. The topological polar surface area (TPSA) is 71.5 Å². The predicted molar refractivity (Wildman–Crippen MR) is 65.9 cm³/mol. The lowest BCUT2D eigenvalue weighted by Gasteiger charge is -2.08. The van der Waals surface area contributed by atoms with Crippen molar-refractivity contribution < 1.29 is 14.6 Å². The van der Waals surface area contributed by atoms with Crippen LogP contribution < -0.4 is 5.32 Å². The number of carboxylic acid groups (broad SMARTS) is 1. The van der Waals surface area contributed by atoms with Crippen LogP contribution in [0.4, 0.5) is 5.13 Å². The van der Waals surface area contributed by atoms with E-state index in [1.54, 1.807) is 6.92 Å². The summed E-state index contributed by atoms with van der Waals surface area (Å²) in [6.45, 7) is 3.41. The molecular formula is C11H16N2O3S. The maximum atomic E-state index is 10.8. The summed E-state index contributed by atoms with van der Waals surface area (Å²) in [6.07, 6.45) is 3.56. The van der Waals surface area contributed by atoms with Crippen LogP contribution in [0.25, 0.3) is 0 Å². The molecule has 1 aliphatic rings. The van der Waals surface area contributed by atoms with Crippen LogP contribution in [0.3, 0.4) is 0 Å². The van der Waals surface area contributed by atoms with Crippen molar-refractivity contribution in [2.24, 2.45) is 0 Å². The number of aromatic carboxylic acids is 1. The van der Waals surface area contributed by atoms with E-state index < -0.39 is 5.97 Å². The molecule has 94 valence electrons. The smallest absolute Gasteiger partial charge is 0.355 e. The minimum Gasteiger partial charge on any atom is -0.476 e. The van der Waals surface area contributed by atoms with Gasteiger partial charge in [-0.05, 0) is 26.2 Å². The zero-order valence-corrected chi connectivity index (χ0v) is 10.5. The van der Waals surface area contributed by atoms with Crippen molar-refractivity contribution in [2.75, 3.05) is 18.5 Å². The third-order valence-electron chi connectivity index (χ3n) is 2.77. The largest absolute Gasteiger partial charge is 0.476 e. The monoisotopic (exact) mass is 256 g/mol. The van der Waals surface area contributed by atoms with Crippen molar-refractivity contribution in [2.45, 2.75) is 32.3 Å². The highest BCUT2D eigenvalue weighted by Gasteiger charge is 2.16. The maximum Gasteiger partial charge on any atom is 0.355 e. The van der Waals surface area contributed by atoms with Crippen LogP contribution in [0, 0.1) is 6.92 Å². The molecule has 0 spiro atoms. The summed E-state index contributed by atoms with van der Waals surface area (Å²) in [4.78, 5) is 15.6. The van der Waals surface area contributed by atoms with Crippen LogP contribution >= 0.6 is 11.3 Å². The standard InChI is InChI=1S/C11H16N2O3S/c1-7-9(10(14)15)13-11(17-7)12-5-4-8-3-2-6-16-8/h8H,2-6H2,1H3,(H,12,13)(H,14,15). The molecule has 0 aliphatic carbocycles. The summed E-state index contributed by atoms with van der Waals surface area (Å²) in [6, 6.07) is 0. The molecule has 0 amide bonds. The first-order valence-corrected chi connectivity index (χ1v) is 6.54. The van der Waals surface area contributed by atoms with E-state index in [0.29, 0.717) is 11.2 Å². The Morgan fingerprint density at radius 3 is 3.12 bits per heavy atom. The van der Waals surface area contributed by atoms with Crippen LogP contribution in [0.15, 0.2) is 0 Å². The molecule has 17 heavy (non-hydrogen) atoms. The van der Waals surface area contributed by atoms with Gasteiger partial charge in [-0.3, -0.25) is 0 Å². The molecule has 1 aliphatic heterocycles. The van der Waals surface area contributed by atoms with Gasteiger partial charge in [0.2, 0.25) is 0 Å². The molecule has 0 bridgehead atoms. The first-order valence-electron chi connectivity index (χ1n) is 5.73. The number of nitrogens with zero attached hydrogens (tertiary/aromatic N) is 1. The Bertz CT molecular complexity index is 399. The quantitative estimate of drug-likeness (QED) is 0.844. The zero-order valence-electron chi connectivity index (χ0n) is 9.73. The third-order valence-corrected chi connectivity index (χ3v) is 3.69. The number of anilines is 1. The Labute approximate surface area is 104 Å². The van der Waals surface area contributed by atoms with Crippen LogP contribution in [0.2, 0.25) is 0 Å². The molecule has 0 radical (unpaired) electrons. The molecule has 2 N–H and O–H groups in total. The minimum atomic E-state index is -0.967. The van der Waals surface area contributed by atoms with E-state index >= 15 is 0 Å². The second-order valence-corrected chi connectivity index (χ2v) is 5.28. The third kappa shape index (κ3) is 3.17. The lowest BCUT2D eigenvalue weighted by molar-refractivity contribution is 0.0690. The predicted octanol–water partition coefficient (Wildman–Crippen LogP) is 2.13. The Hall–Kier alpha value is -1.14. The first kappa shape index (κ1) is 12.3. The molecule has 5 nitrogen and oxygen atoms in total. The van der Waals surface area contributed by atoms with Crippen molar-refractivity contribution >= 4 is 22.4 Å². The molecule has 2 heterocycles. The number of hydrogen-bond acceptors (Lipinski definition) is 5. The molecule has 1 aromatic rings. The van der Waals surface area contributed by atoms with Crippen molar-refractivity contribution in [1.29, 1.82) is 0 Å². The second kappa shape index (κ2) is 5.46. The summed E-state index contributed by atoms with van der Waals surface area (Å²) in [5, 5.41) is 12.7. The van der Waals surface area contributed by atoms with Gasteiger partial charge in [0.05, 0.1) is 6.10 Å². The average Bonchev–Trinajstić information content (AvgIpc) is 2.88. The number of carboxylic acids is 1. The summed E-state index contributed by atoms with van der Waals surface area (Å²) in [5.74, 6) is -0.967. The SMILES string of the molecule is Cc1sc(NCCC2CCCO2)nc1C(=O)O. The number of aromatic nitrogens is 1. The maximum absolute atomic E-state index is 10.8. The van der Waals surface area contributed by atoms with E-state index in [1.165, 1.54) is 11.3 Å². The number of rotatable bonds is 5. The number of thiazole rings is 1. The second-order valence-electron chi connectivity index (χ2n) is 4.08. The molecule has 2 rings (SSSR count). The molecule has 1 aromatic heterocycles. The normalized spacial score (nSPS) is 19.5. The Balaban J connectivity index is 1.82. The molecule has 1 unspecified atom stereocenters. The number of nitrogens with one attached hydrogen (secondary N) is 1. The highest BCUT2D eigenvalue weighted by atomic mass is 32.1. The summed E-state index contributed by atoms with van der Waals surface area (Å²) in [5.41, 5.74) is 0.148.